The van der Waals surface area contributed by atoms with Crippen LogP contribution in [0.25, 0.3) is 0 Å². The molecule has 34 heavy (non-hydrogen) atoms. The molecule has 1 aliphatic heterocycles. The predicted octanol–water partition coefficient (Wildman–Crippen LogP) is 3.31. The molecule has 1 atom stereocenters. The molecule has 2 heterocycles. The highest BCUT2D eigenvalue weighted by atomic mass is 28.3. The van der Waals surface area contributed by atoms with Crippen molar-refractivity contribution in [2.24, 2.45) is 0 Å². The Morgan fingerprint density at radius 3 is 2.41 bits per heavy atom. The van der Waals surface area contributed by atoms with Crippen LogP contribution in [-0.4, -0.2) is 43.4 Å². The largest absolute Gasteiger partial charge is 0.497 e. The third-order valence-electron chi connectivity index (χ3n) is 6.14. The second-order valence-electron chi connectivity index (χ2n) is 9.47. The van der Waals surface area contributed by atoms with Gasteiger partial charge in [0.25, 0.3) is 11.8 Å². The van der Waals surface area contributed by atoms with Crippen molar-refractivity contribution in [2.75, 3.05) is 19.0 Å². The van der Waals surface area contributed by atoms with Crippen LogP contribution in [0.5, 0.6) is 5.75 Å². The molecule has 0 saturated carbocycles. The zero-order valence-corrected chi connectivity index (χ0v) is 20.8. The number of benzene rings is 2. The molecule has 2 aromatic carbocycles. The third kappa shape index (κ3) is 4.82. The molecule has 8 heteroatoms. The number of rotatable bonds is 5. The van der Waals surface area contributed by atoms with Crippen LogP contribution in [0.3, 0.4) is 0 Å². The lowest BCUT2D eigenvalue weighted by molar-refractivity contribution is -0.121. The minimum atomic E-state index is -1.46. The first-order valence-electron chi connectivity index (χ1n) is 11.3. The number of hydrogen-bond acceptors (Lipinski definition) is 4. The molecule has 0 bridgehead atoms. The fourth-order valence-corrected chi connectivity index (χ4v) is 5.37. The van der Waals surface area contributed by atoms with Crippen molar-refractivity contribution in [2.45, 2.75) is 32.1 Å². The minimum absolute atomic E-state index is 0.287. The van der Waals surface area contributed by atoms with Gasteiger partial charge in [-0.2, -0.15) is 0 Å². The minimum Gasteiger partial charge on any atom is -0.497 e. The summed E-state index contributed by atoms with van der Waals surface area (Å²) in [5.74, 6) is 0.108. The van der Waals surface area contributed by atoms with E-state index in [2.05, 4.69) is 42.1 Å². The average molecular weight is 476 g/mol. The standard InChI is InChI=1S/C26H29N3O4Si/c1-33-20-8-11-22-17(15-20)13-14-29(26(32)18-5-12-23(30)27-16-18)24(22)25(31)28-19-6-9-21(10-7-19)34(2,3)4/h5-12,15-16,24H,13-14H2,1-4H3,(H,27,30)(H,28,31). The first kappa shape index (κ1) is 23.5. The number of pyridine rings is 1. The van der Waals surface area contributed by atoms with Crippen molar-refractivity contribution < 1.29 is 14.3 Å². The number of methoxy groups -OCH3 is 1. The number of ether oxygens (including phenoxy) is 1. The molecule has 0 radical (unpaired) electrons. The Morgan fingerprint density at radius 2 is 1.79 bits per heavy atom. The SMILES string of the molecule is COc1ccc2c(c1)CCN(C(=O)c1ccc(=O)[nH]c1)C2C(=O)Nc1ccc([Si](C)(C)C)cc1. The molecule has 0 spiro atoms. The number of aromatic amines is 1. The van der Waals surface area contributed by atoms with Crippen LogP contribution in [0.2, 0.25) is 19.6 Å². The Labute approximate surface area is 199 Å². The highest BCUT2D eigenvalue weighted by molar-refractivity contribution is 6.88. The Hall–Kier alpha value is -3.65. The van der Waals surface area contributed by atoms with Crippen LogP contribution in [0, 0.1) is 0 Å². The van der Waals surface area contributed by atoms with Gasteiger partial charge in [-0.25, -0.2) is 0 Å². The predicted molar refractivity (Wildman–Crippen MR) is 136 cm³/mol. The fourth-order valence-electron chi connectivity index (χ4n) is 4.21. The molecule has 2 N–H and O–H groups in total. The zero-order valence-electron chi connectivity index (χ0n) is 19.8. The second kappa shape index (κ2) is 9.30. The number of anilines is 1. The zero-order chi connectivity index (χ0) is 24.5. The van der Waals surface area contributed by atoms with E-state index in [0.29, 0.717) is 30.0 Å². The van der Waals surface area contributed by atoms with Gasteiger partial charge in [0.15, 0.2) is 0 Å². The summed E-state index contributed by atoms with van der Waals surface area (Å²) in [4.78, 5) is 42.5. The van der Waals surface area contributed by atoms with Gasteiger partial charge in [-0.05, 0) is 47.9 Å². The number of aromatic nitrogens is 1. The lowest BCUT2D eigenvalue weighted by Gasteiger charge is -2.36. The van der Waals surface area contributed by atoms with E-state index in [0.717, 1.165) is 11.1 Å². The molecule has 2 amide bonds. The number of nitrogens with one attached hydrogen (secondary N) is 2. The topological polar surface area (TPSA) is 91.5 Å². The Bertz CT molecular complexity index is 1260. The molecule has 0 saturated heterocycles. The molecular formula is C26H29N3O4Si. The van der Waals surface area contributed by atoms with Gasteiger partial charge < -0.3 is 19.9 Å². The highest BCUT2D eigenvalue weighted by Gasteiger charge is 2.36. The van der Waals surface area contributed by atoms with Crippen LogP contribution in [0.15, 0.2) is 65.6 Å². The molecule has 3 aromatic rings. The van der Waals surface area contributed by atoms with Crippen LogP contribution < -0.4 is 20.8 Å². The first-order valence-corrected chi connectivity index (χ1v) is 14.8. The molecule has 176 valence electrons. The van der Waals surface area contributed by atoms with Crippen molar-refractivity contribution in [1.82, 2.24) is 9.88 Å². The van der Waals surface area contributed by atoms with E-state index in [4.69, 9.17) is 4.74 Å². The number of hydrogen-bond donors (Lipinski definition) is 2. The van der Waals surface area contributed by atoms with E-state index >= 15 is 0 Å². The second-order valence-corrected chi connectivity index (χ2v) is 14.6. The van der Waals surface area contributed by atoms with Gasteiger partial charge in [0.1, 0.15) is 11.8 Å². The van der Waals surface area contributed by atoms with Gasteiger partial charge in [-0.3, -0.25) is 14.4 Å². The Balaban J connectivity index is 1.68. The van der Waals surface area contributed by atoms with Gasteiger partial charge in [0.2, 0.25) is 5.56 Å². The quantitative estimate of drug-likeness (QED) is 0.554. The number of carbonyl (C=O) groups is 2. The van der Waals surface area contributed by atoms with Crippen molar-refractivity contribution in [1.29, 1.82) is 0 Å². The van der Waals surface area contributed by atoms with Crippen molar-refractivity contribution in [3.05, 3.63) is 87.8 Å². The summed E-state index contributed by atoms with van der Waals surface area (Å²) >= 11 is 0. The summed E-state index contributed by atoms with van der Waals surface area (Å²) in [6.45, 7) is 7.18. The number of amides is 2. The van der Waals surface area contributed by atoms with E-state index in [1.165, 1.54) is 23.5 Å². The Kier molecular flexibility index (Phi) is 6.43. The summed E-state index contributed by atoms with van der Waals surface area (Å²) in [6, 6.07) is 15.5. The normalized spacial score (nSPS) is 15.4. The number of H-pyrrole nitrogens is 1. The fraction of sp³-hybridized carbons (Fsp3) is 0.269. The maximum Gasteiger partial charge on any atom is 0.256 e. The van der Waals surface area contributed by atoms with E-state index in [1.807, 2.05) is 24.3 Å². The number of carbonyl (C=O) groups excluding carboxylic acids is 2. The molecule has 0 fully saturated rings. The average Bonchev–Trinajstić information content (AvgIpc) is 2.82. The summed E-state index contributed by atoms with van der Waals surface area (Å²) < 4.78 is 5.35. The van der Waals surface area contributed by atoms with Gasteiger partial charge >= 0.3 is 0 Å². The summed E-state index contributed by atoms with van der Waals surface area (Å²) in [5.41, 5.74) is 2.46. The summed E-state index contributed by atoms with van der Waals surface area (Å²) in [6.07, 6.45) is 1.98. The monoisotopic (exact) mass is 475 g/mol. The van der Waals surface area contributed by atoms with Crippen molar-refractivity contribution in [3.63, 3.8) is 0 Å². The van der Waals surface area contributed by atoms with Crippen LogP contribution >= 0.6 is 0 Å². The van der Waals surface area contributed by atoms with E-state index in [-0.39, 0.29) is 17.4 Å². The molecule has 4 rings (SSSR count). The summed E-state index contributed by atoms with van der Waals surface area (Å²) in [5, 5.41) is 4.30. The van der Waals surface area contributed by atoms with Gasteiger partial charge in [0, 0.05) is 24.5 Å². The van der Waals surface area contributed by atoms with Crippen molar-refractivity contribution >= 4 is 30.8 Å². The highest BCUT2D eigenvalue weighted by Crippen LogP contribution is 2.34. The molecular weight excluding hydrogens is 446 g/mol. The van der Waals surface area contributed by atoms with Crippen LogP contribution in [-0.2, 0) is 11.2 Å². The van der Waals surface area contributed by atoms with E-state index < -0.39 is 14.1 Å². The lowest BCUT2D eigenvalue weighted by Crippen LogP contribution is -2.45. The van der Waals surface area contributed by atoms with Crippen molar-refractivity contribution in [3.8, 4) is 5.75 Å². The molecule has 1 aliphatic rings. The van der Waals surface area contributed by atoms with Crippen LogP contribution in [0.4, 0.5) is 5.69 Å². The molecule has 7 nitrogen and oxygen atoms in total. The van der Waals surface area contributed by atoms with E-state index in [1.54, 1.807) is 18.1 Å². The summed E-state index contributed by atoms with van der Waals surface area (Å²) in [7, 11) is 0.147. The third-order valence-corrected chi connectivity index (χ3v) is 8.20. The van der Waals surface area contributed by atoms with E-state index in [9.17, 15) is 14.4 Å². The molecule has 1 unspecified atom stereocenters. The molecule has 1 aromatic heterocycles. The molecule has 0 aliphatic carbocycles. The maximum absolute atomic E-state index is 13.6. The van der Waals surface area contributed by atoms with Gasteiger partial charge in [0.05, 0.1) is 20.7 Å². The number of fused-ring (bicyclic) bond motifs is 1. The number of nitrogens with zero attached hydrogens (tertiary/aromatic N) is 1. The van der Waals surface area contributed by atoms with Gasteiger partial charge in [-0.1, -0.05) is 43.0 Å². The lowest BCUT2D eigenvalue weighted by atomic mass is 9.91. The smallest absolute Gasteiger partial charge is 0.256 e. The first-order chi connectivity index (χ1) is 16.2. The van der Waals surface area contributed by atoms with Crippen LogP contribution in [0.1, 0.15) is 27.5 Å². The maximum atomic E-state index is 13.6. The van der Waals surface area contributed by atoms with Gasteiger partial charge in [-0.15, -0.1) is 0 Å². The Morgan fingerprint density at radius 1 is 1.06 bits per heavy atom.